The maximum atomic E-state index is 9.88. The summed E-state index contributed by atoms with van der Waals surface area (Å²) in [7, 11) is -4.64. The van der Waals surface area contributed by atoms with Crippen LogP contribution in [0.2, 0.25) is 0 Å². The Morgan fingerprint density at radius 2 is 1.62 bits per heavy atom. The van der Waals surface area contributed by atoms with Gasteiger partial charge in [-0.25, -0.2) is 4.57 Å². The van der Waals surface area contributed by atoms with Crippen LogP contribution in [0, 0.1) is 0 Å². The second-order valence-electron chi connectivity index (χ2n) is 2.37. The van der Waals surface area contributed by atoms with E-state index in [1.165, 1.54) is 0 Å². The van der Waals surface area contributed by atoms with E-state index in [1.807, 2.05) is 0 Å². The minimum absolute atomic E-state index is 0. The van der Waals surface area contributed by atoms with Crippen LogP contribution in [-0.2, 0) is 14.2 Å². The second kappa shape index (κ2) is 10.8. The zero-order valence-electron chi connectivity index (χ0n) is 8.44. The average molecular weight is 283 g/mol. The van der Waals surface area contributed by atoms with Crippen LogP contribution < -0.4 is 62.2 Å². The molecule has 0 rings (SSSR count). The SMILES string of the molecule is N[C@@H](CCC(=O)O)C(=O)[O-].O=P(O)(O)O.[K+]. The Morgan fingerprint density at radius 1 is 1.31 bits per heavy atom. The van der Waals surface area contributed by atoms with Gasteiger partial charge in [-0.15, -0.1) is 0 Å². The van der Waals surface area contributed by atoms with E-state index in [2.05, 4.69) is 0 Å². The van der Waals surface area contributed by atoms with Crippen LogP contribution in [0.3, 0.4) is 0 Å². The maximum Gasteiger partial charge on any atom is 1.00 e. The summed E-state index contributed by atoms with van der Waals surface area (Å²) in [4.78, 5) is 41.3. The largest absolute Gasteiger partial charge is 1.00 e. The standard InChI is InChI=1S/C5H9NO4.K.H3O4P/c6-3(5(9)10)1-2-4(7)8;;1-5(2,3)4/h3H,1-2,6H2,(H,7,8)(H,9,10);;(H3,1,2,3,4)/q;+1;/p-1/t3-;;/m0../s1. The topological polar surface area (TPSA) is 181 Å². The number of phosphoric acid groups is 1. The van der Waals surface area contributed by atoms with Crippen LogP contribution in [0.1, 0.15) is 12.8 Å². The first kappa shape index (κ1) is 21.9. The summed E-state index contributed by atoms with van der Waals surface area (Å²) in [6, 6.07) is -1.17. The molecule has 0 unspecified atom stereocenters. The Morgan fingerprint density at radius 3 is 1.81 bits per heavy atom. The average Bonchev–Trinajstić information content (AvgIpc) is 1.96. The van der Waals surface area contributed by atoms with Crippen molar-refractivity contribution >= 4 is 19.8 Å². The van der Waals surface area contributed by atoms with Gasteiger partial charge in [-0.3, -0.25) is 4.79 Å². The molecule has 16 heavy (non-hydrogen) atoms. The van der Waals surface area contributed by atoms with E-state index in [9.17, 15) is 14.7 Å². The van der Waals surface area contributed by atoms with Crippen molar-refractivity contribution in [3.63, 3.8) is 0 Å². The molecule has 0 spiro atoms. The molecule has 0 saturated carbocycles. The number of nitrogens with two attached hydrogens (primary N) is 1. The van der Waals surface area contributed by atoms with Gasteiger partial charge in [0.2, 0.25) is 0 Å². The second-order valence-corrected chi connectivity index (χ2v) is 3.40. The first-order valence-electron chi connectivity index (χ1n) is 3.50. The van der Waals surface area contributed by atoms with Crippen LogP contribution in [0.4, 0.5) is 0 Å². The van der Waals surface area contributed by atoms with Crippen LogP contribution in [0.5, 0.6) is 0 Å². The molecule has 0 bridgehead atoms. The number of rotatable bonds is 4. The molecular weight excluding hydrogens is 272 g/mol. The molecule has 11 heteroatoms. The van der Waals surface area contributed by atoms with Gasteiger partial charge in [-0.05, 0) is 6.42 Å². The predicted octanol–water partition coefficient (Wildman–Crippen LogP) is -6.00. The first-order chi connectivity index (χ1) is 6.54. The van der Waals surface area contributed by atoms with Gasteiger partial charge in [0.25, 0.3) is 0 Å². The predicted molar refractivity (Wildman–Crippen MR) is 44.1 cm³/mol. The van der Waals surface area contributed by atoms with Crippen molar-refractivity contribution in [2.75, 3.05) is 0 Å². The van der Waals surface area contributed by atoms with Crippen molar-refractivity contribution in [3.8, 4) is 0 Å². The number of carbonyl (C=O) groups excluding carboxylic acids is 1. The van der Waals surface area contributed by atoms with Crippen molar-refractivity contribution in [1.82, 2.24) is 0 Å². The van der Waals surface area contributed by atoms with Crippen molar-refractivity contribution < 1.29 is 90.4 Å². The van der Waals surface area contributed by atoms with Crippen molar-refractivity contribution in [2.24, 2.45) is 5.73 Å². The molecule has 6 N–H and O–H groups in total. The van der Waals surface area contributed by atoms with Gasteiger partial charge in [-0.2, -0.15) is 0 Å². The van der Waals surface area contributed by atoms with Crippen molar-refractivity contribution in [3.05, 3.63) is 0 Å². The van der Waals surface area contributed by atoms with Gasteiger partial charge in [0.1, 0.15) is 0 Å². The zero-order valence-corrected chi connectivity index (χ0v) is 12.5. The van der Waals surface area contributed by atoms with E-state index in [4.69, 9.17) is 30.1 Å². The van der Waals surface area contributed by atoms with Gasteiger partial charge in [0.15, 0.2) is 0 Å². The first-order valence-corrected chi connectivity index (χ1v) is 5.07. The van der Waals surface area contributed by atoms with Gasteiger partial charge >= 0.3 is 65.2 Å². The quantitative estimate of drug-likeness (QED) is 0.248. The summed E-state index contributed by atoms with van der Waals surface area (Å²) >= 11 is 0. The maximum absolute atomic E-state index is 9.88. The summed E-state index contributed by atoms with van der Waals surface area (Å²) in [6.07, 6.45) is -0.327. The summed E-state index contributed by atoms with van der Waals surface area (Å²) < 4.78 is 8.88. The summed E-state index contributed by atoms with van der Waals surface area (Å²) in [5, 5.41) is 18.0. The number of carboxylic acids is 2. The molecule has 0 saturated heterocycles. The minimum atomic E-state index is -4.64. The molecule has 1 atom stereocenters. The van der Waals surface area contributed by atoms with Crippen LogP contribution >= 0.6 is 7.82 Å². The number of carboxylic acid groups (broad SMARTS) is 2. The van der Waals surface area contributed by atoms with E-state index in [1.54, 1.807) is 0 Å². The van der Waals surface area contributed by atoms with E-state index in [0.29, 0.717) is 0 Å². The van der Waals surface area contributed by atoms with Gasteiger partial charge in [-0.1, -0.05) is 0 Å². The fraction of sp³-hybridized carbons (Fsp3) is 0.600. The third-order valence-corrected chi connectivity index (χ3v) is 0.972. The Kier molecular flexibility index (Phi) is 14.7. The molecule has 0 aliphatic heterocycles. The van der Waals surface area contributed by atoms with E-state index in [0.717, 1.165) is 0 Å². The van der Waals surface area contributed by atoms with Crippen molar-refractivity contribution in [1.29, 1.82) is 0 Å². The van der Waals surface area contributed by atoms with Crippen LogP contribution in [-0.4, -0.2) is 37.8 Å². The van der Waals surface area contributed by atoms with Gasteiger partial charge < -0.3 is 35.4 Å². The van der Waals surface area contributed by atoms with Crippen LogP contribution in [0.15, 0.2) is 0 Å². The fourth-order valence-corrected chi connectivity index (χ4v) is 0.397. The molecule has 90 valence electrons. The monoisotopic (exact) mass is 283 g/mol. The summed E-state index contributed by atoms with van der Waals surface area (Å²) in [5.41, 5.74) is 4.94. The van der Waals surface area contributed by atoms with Crippen molar-refractivity contribution in [2.45, 2.75) is 18.9 Å². The third kappa shape index (κ3) is 29.3. The molecule has 0 aliphatic rings. The number of aliphatic carboxylic acids is 2. The number of hydrogen-bond acceptors (Lipinski definition) is 5. The Bertz CT molecular complexity index is 257. The molecule has 0 amide bonds. The Balaban J connectivity index is -0.000000242. The Labute approximate surface area is 133 Å². The smallest absolute Gasteiger partial charge is 0.548 e. The van der Waals surface area contributed by atoms with E-state index in [-0.39, 0.29) is 64.2 Å². The molecule has 0 fully saturated rings. The number of hydrogen-bond donors (Lipinski definition) is 5. The minimum Gasteiger partial charge on any atom is -0.548 e. The number of carbonyl (C=O) groups is 2. The Hall–Kier alpha value is 0.646. The fourth-order valence-electron chi connectivity index (χ4n) is 0.397. The molecular formula is C5H11KNO8P. The van der Waals surface area contributed by atoms with Gasteiger partial charge in [0.05, 0.1) is 5.97 Å². The molecule has 0 aromatic carbocycles. The third-order valence-electron chi connectivity index (χ3n) is 0.972. The molecule has 0 radical (unpaired) electrons. The van der Waals surface area contributed by atoms with Crippen LogP contribution in [0.25, 0.3) is 0 Å². The molecule has 0 aromatic heterocycles. The van der Waals surface area contributed by atoms with E-state index >= 15 is 0 Å². The van der Waals surface area contributed by atoms with Gasteiger partial charge in [0, 0.05) is 12.5 Å². The molecule has 0 aromatic rings. The molecule has 0 heterocycles. The zero-order chi connectivity index (χ0) is 12.6. The van der Waals surface area contributed by atoms with E-state index < -0.39 is 25.8 Å². The summed E-state index contributed by atoms with van der Waals surface area (Å²) in [6.45, 7) is 0. The summed E-state index contributed by atoms with van der Waals surface area (Å²) in [5.74, 6) is -2.47. The molecule has 0 aliphatic carbocycles. The normalized spacial score (nSPS) is 11.5. The molecule has 9 nitrogen and oxygen atoms in total.